The Labute approximate surface area is 131 Å². The Morgan fingerprint density at radius 2 is 2.10 bits per heavy atom. The Morgan fingerprint density at radius 1 is 1.30 bits per heavy atom. The molecule has 1 fully saturated rings. The van der Waals surface area contributed by atoms with Crippen molar-refractivity contribution in [2.45, 2.75) is 45.4 Å². The summed E-state index contributed by atoms with van der Waals surface area (Å²) < 4.78 is 7.00. The lowest BCUT2D eigenvalue weighted by Gasteiger charge is -2.29. The predicted molar refractivity (Wildman–Crippen MR) is 88.3 cm³/mol. The van der Waals surface area contributed by atoms with Gasteiger partial charge in [0.1, 0.15) is 5.75 Å². The van der Waals surface area contributed by atoms with Crippen LogP contribution in [0.1, 0.15) is 45.4 Å². The molecule has 0 aliphatic heterocycles. The minimum Gasteiger partial charge on any atom is -0.494 e. The lowest BCUT2D eigenvalue weighted by atomic mass is 9.83. The van der Waals surface area contributed by atoms with E-state index in [1.54, 1.807) is 0 Å². The van der Waals surface area contributed by atoms with Gasteiger partial charge in [-0.25, -0.2) is 0 Å². The predicted octanol–water partition coefficient (Wildman–Crippen LogP) is 4.78. The molecule has 0 spiro atoms. The summed E-state index contributed by atoms with van der Waals surface area (Å²) in [5, 5.41) is 3.61. The number of rotatable bonds is 8. The van der Waals surface area contributed by atoms with E-state index in [-0.39, 0.29) is 0 Å². The molecule has 1 saturated carbocycles. The van der Waals surface area contributed by atoms with E-state index in [2.05, 4.69) is 28.2 Å². The highest BCUT2D eigenvalue weighted by molar-refractivity contribution is 9.10. The fourth-order valence-corrected chi connectivity index (χ4v) is 3.49. The van der Waals surface area contributed by atoms with E-state index in [1.807, 2.05) is 24.3 Å². The molecule has 0 aromatic heterocycles. The molecule has 1 aliphatic carbocycles. The molecule has 0 atom stereocenters. The molecule has 2 rings (SSSR count). The maximum absolute atomic E-state index is 5.92. The van der Waals surface area contributed by atoms with Gasteiger partial charge in [0.05, 0.1) is 6.61 Å². The first-order chi connectivity index (χ1) is 9.74. The van der Waals surface area contributed by atoms with Crippen LogP contribution in [0.3, 0.4) is 0 Å². The van der Waals surface area contributed by atoms with Gasteiger partial charge in [-0.3, -0.25) is 0 Å². The van der Waals surface area contributed by atoms with Crippen molar-refractivity contribution in [3.8, 4) is 5.75 Å². The monoisotopic (exact) mass is 339 g/mol. The normalized spacial score (nSPS) is 17.3. The van der Waals surface area contributed by atoms with Gasteiger partial charge < -0.3 is 10.1 Å². The Hall–Kier alpha value is -0.540. The first-order valence-electron chi connectivity index (χ1n) is 7.83. The van der Waals surface area contributed by atoms with Gasteiger partial charge in [0.15, 0.2) is 0 Å². The summed E-state index contributed by atoms with van der Waals surface area (Å²) in [5.41, 5.74) is 0.473. The van der Waals surface area contributed by atoms with Crippen LogP contribution in [0.2, 0.25) is 0 Å². The van der Waals surface area contributed by atoms with Crippen LogP contribution < -0.4 is 10.1 Å². The Balaban J connectivity index is 1.80. The number of nitrogens with one attached hydrogen (secondary N) is 1. The zero-order chi connectivity index (χ0) is 14.3. The zero-order valence-corrected chi connectivity index (χ0v) is 14.0. The molecule has 0 unspecified atom stereocenters. The molecular formula is C17H26BrNO. The Bertz CT molecular complexity index is 402. The largest absolute Gasteiger partial charge is 0.494 e. The minimum absolute atomic E-state index is 0.473. The summed E-state index contributed by atoms with van der Waals surface area (Å²) in [6.07, 6.45) is 7.84. The van der Waals surface area contributed by atoms with Crippen LogP contribution in [0.25, 0.3) is 0 Å². The highest BCUT2D eigenvalue weighted by Crippen LogP contribution is 2.40. The van der Waals surface area contributed by atoms with Gasteiger partial charge in [0, 0.05) is 11.0 Å². The van der Waals surface area contributed by atoms with Crippen molar-refractivity contribution in [3.05, 3.63) is 28.7 Å². The first kappa shape index (κ1) is 15.8. The second-order valence-electron chi connectivity index (χ2n) is 5.94. The van der Waals surface area contributed by atoms with Gasteiger partial charge in [-0.05, 0) is 55.8 Å². The van der Waals surface area contributed by atoms with E-state index in [9.17, 15) is 0 Å². The molecule has 1 aliphatic rings. The third-order valence-corrected chi connectivity index (χ3v) is 4.78. The first-order valence-corrected chi connectivity index (χ1v) is 8.62. The quantitative estimate of drug-likeness (QED) is 0.688. The molecule has 112 valence electrons. The summed E-state index contributed by atoms with van der Waals surface area (Å²) >= 11 is 3.48. The average molecular weight is 340 g/mol. The van der Waals surface area contributed by atoms with Crippen molar-refractivity contribution in [1.82, 2.24) is 5.32 Å². The van der Waals surface area contributed by atoms with Crippen LogP contribution in [0.15, 0.2) is 28.7 Å². The Kier molecular flexibility index (Phi) is 6.37. The van der Waals surface area contributed by atoms with E-state index in [0.717, 1.165) is 36.3 Å². The average Bonchev–Trinajstić information content (AvgIpc) is 2.88. The molecule has 1 aromatic rings. The summed E-state index contributed by atoms with van der Waals surface area (Å²) in [5.74, 6) is 0.967. The topological polar surface area (TPSA) is 21.3 Å². The molecule has 2 nitrogen and oxygen atoms in total. The fraction of sp³-hybridized carbons (Fsp3) is 0.647. The molecule has 3 heteroatoms. The highest BCUT2D eigenvalue weighted by Gasteiger charge is 2.33. The second-order valence-corrected chi connectivity index (χ2v) is 6.86. The second kappa shape index (κ2) is 8.04. The van der Waals surface area contributed by atoms with Crippen molar-refractivity contribution < 1.29 is 4.74 Å². The number of halogens is 1. The Morgan fingerprint density at radius 3 is 2.80 bits per heavy atom. The van der Waals surface area contributed by atoms with Gasteiger partial charge in [-0.2, -0.15) is 0 Å². The van der Waals surface area contributed by atoms with E-state index >= 15 is 0 Å². The van der Waals surface area contributed by atoms with Gasteiger partial charge >= 0.3 is 0 Å². The zero-order valence-electron chi connectivity index (χ0n) is 12.5. The molecule has 1 N–H and O–H groups in total. The summed E-state index contributed by atoms with van der Waals surface area (Å²) in [4.78, 5) is 0. The number of ether oxygens (including phenoxy) is 1. The van der Waals surface area contributed by atoms with Gasteiger partial charge in [0.25, 0.3) is 0 Å². The van der Waals surface area contributed by atoms with E-state index in [1.165, 1.54) is 32.1 Å². The highest BCUT2D eigenvalue weighted by atomic mass is 79.9. The molecule has 0 heterocycles. The van der Waals surface area contributed by atoms with Gasteiger partial charge in [0.2, 0.25) is 0 Å². The van der Waals surface area contributed by atoms with Crippen LogP contribution in [0.5, 0.6) is 5.75 Å². The van der Waals surface area contributed by atoms with Crippen LogP contribution >= 0.6 is 15.9 Å². The third-order valence-electron chi connectivity index (χ3n) is 4.29. The van der Waals surface area contributed by atoms with Crippen LogP contribution in [0, 0.1) is 5.41 Å². The SMILES string of the molecule is CCCNCC1(CCOc2cccc(Br)c2)CCCC1. The van der Waals surface area contributed by atoms with Gasteiger partial charge in [-0.15, -0.1) is 0 Å². The smallest absolute Gasteiger partial charge is 0.120 e. The third kappa shape index (κ3) is 4.78. The van der Waals surface area contributed by atoms with Crippen LogP contribution in [-0.2, 0) is 0 Å². The summed E-state index contributed by atoms with van der Waals surface area (Å²) in [6, 6.07) is 8.12. The van der Waals surface area contributed by atoms with E-state index in [4.69, 9.17) is 4.74 Å². The van der Waals surface area contributed by atoms with Crippen molar-refractivity contribution >= 4 is 15.9 Å². The fourth-order valence-electron chi connectivity index (χ4n) is 3.11. The number of hydrogen-bond acceptors (Lipinski definition) is 2. The maximum Gasteiger partial charge on any atom is 0.120 e. The minimum atomic E-state index is 0.473. The van der Waals surface area contributed by atoms with Crippen molar-refractivity contribution in [2.24, 2.45) is 5.41 Å². The van der Waals surface area contributed by atoms with Gasteiger partial charge in [-0.1, -0.05) is 41.8 Å². The number of benzene rings is 1. The van der Waals surface area contributed by atoms with Crippen LogP contribution in [0.4, 0.5) is 0 Å². The molecule has 0 radical (unpaired) electrons. The lowest BCUT2D eigenvalue weighted by molar-refractivity contribution is 0.192. The van der Waals surface area contributed by atoms with Crippen molar-refractivity contribution in [2.75, 3.05) is 19.7 Å². The molecular weight excluding hydrogens is 314 g/mol. The van der Waals surface area contributed by atoms with E-state index < -0.39 is 0 Å². The van der Waals surface area contributed by atoms with Crippen molar-refractivity contribution in [1.29, 1.82) is 0 Å². The number of hydrogen-bond donors (Lipinski definition) is 1. The molecule has 0 saturated heterocycles. The van der Waals surface area contributed by atoms with Crippen molar-refractivity contribution in [3.63, 3.8) is 0 Å². The summed E-state index contributed by atoms with van der Waals surface area (Å²) in [7, 11) is 0. The molecule has 20 heavy (non-hydrogen) atoms. The van der Waals surface area contributed by atoms with Crippen LogP contribution in [-0.4, -0.2) is 19.7 Å². The standard InChI is InChI=1S/C17H26BrNO/c1-2-11-19-14-17(8-3-4-9-17)10-12-20-16-7-5-6-15(18)13-16/h5-7,13,19H,2-4,8-12,14H2,1H3. The molecule has 1 aromatic carbocycles. The van der Waals surface area contributed by atoms with E-state index in [0.29, 0.717) is 5.41 Å². The molecule has 0 amide bonds. The maximum atomic E-state index is 5.92. The summed E-state index contributed by atoms with van der Waals surface area (Å²) in [6.45, 7) is 5.34. The molecule has 0 bridgehead atoms. The lowest BCUT2D eigenvalue weighted by Crippen LogP contribution is -2.34.